The van der Waals surface area contributed by atoms with Gasteiger partial charge in [-0.15, -0.1) is 0 Å². The van der Waals surface area contributed by atoms with E-state index in [0.29, 0.717) is 0 Å². The summed E-state index contributed by atoms with van der Waals surface area (Å²) in [7, 11) is 0. The van der Waals surface area contributed by atoms with E-state index in [-0.39, 0.29) is 5.91 Å². The van der Waals surface area contributed by atoms with Gasteiger partial charge in [0.2, 0.25) is 5.91 Å². The summed E-state index contributed by atoms with van der Waals surface area (Å²) < 4.78 is 0. The molecule has 0 saturated heterocycles. The van der Waals surface area contributed by atoms with E-state index >= 15 is 0 Å². The molecule has 0 heterocycles. The fourth-order valence-corrected chi connectivity index (χ4v) is 1.49. The van der Waals surface area contributed by atoms with Crippen LogP contribution < -0.4 is 11.1 Å². The van der Waals surface area contributed by atoms with Crippen LogP contribution in [0.25, 0.3) is 0 Å². The summed E-state index contributed by atoms with van der Waals surface area (Å²) in [6.45, 7) is 4.92. The number of hydrogen-bond donors (Lipinski definition) is 2. The zero-order valence-electron chi connectivity index (χ0n) is 8.60. The maximum atomic E-state index is 11.2. The minimum absolute atomic E-state index is 0.227. The van der Waals surface area contributed by atoms with E-state index in [1.165, 1.54) is 12.8 Å². The molecule has 1 amide bonds. The van der Waals surface area contributed by atoms with Gasteiger partial charge in [0.05, 0.1) is 5.54 Å². The van der Waals surface area contributed by atoms with Gasteiger partial charge in [-0.05, 0) is 38.6 Å². The number of rotatable bonds is 6. The molecule has 0 aromatic carbocycles. The van der Waals surface area contributed by atoms with Crippen molar-refractivity contribution in [3.05, 3.63) is 0 Å². The van der Waals surface area contributed by atoms with Gasteiger partial charge in [-0.1, -0.05) is 13.3 Å². The normalized spacial score (nSPS) is 21.1. The summed E-state index contributed by atoms with van der Waals surface area (Å²) in [6.07, 6.45) is 4.41. The fraction of sp³-hybridized carbons (Fsp3) is 0.900. The summed E-state index contributed by atoms with van der Waals surface area (Å²) >= 11 is 0. The lowest BCUT2D eigenvalue weighted by Crippen LogP contribution is -2.53. The molecule has 0 aromatic heterocycles. The molecule has 3 nitrogen and oxygen atoms in total. The molecule has 76 valence electrons. The lowest BCUT2D eigenvalue weighted by atomic mass is 9.95. The summed E-state index contributed by atoms with van der Waals surface area (Å²) in [5.41, 5.74) is 4.87. The highest BCUT2D eigenvalue weighted by Crippen LogP contribution is 2.28. The molecule has 1 saturated carbocycles. The Hall–Kier alpha value is -0.570. The smallest absolute Gasteiger partial charge is 0.237 e. The van der Waals surface area contributed by atoms with Crippen LogP contribution in [-0.4, -0.2) is 18.0 Å². The van der Waals surface area contributed by atoms with E-state index in [0.717, 1.165) is 25.3 Å². The average Bonchev–Trinajstić information content (AvgIpc) is 2.84. The highest BCUT2D eigenvalue weighted by atomic mass is 16.1. The molecular weight excluding hydrogens is 164 g/mol. The van der Waals surface area contributed by atoms with Crippen molar-refractivity contribution in [3.8, 4) is 0 Å². The van der Waals surface area contributed by atoms with E-state index < -0.39 is 5.54 Å². The number of carbonyl (C=O) groups excluding carboxylic acids is 1. The first-order valence-corrected chi connectivity index (χ1v) is 5.13. The van der Waals surface area contributed by atoms with Crippen LogP contribution in [0.2, 0.25) is 0 Å². The standard InChI is InChI=1S/C10H20N2O/c1-3-6-10(2,9(11)13)12-7-8-4-5-8/h8,12H,3-7H2,1-2H3,(H2,11,13). The third kappa shape index (κ3) is 2.99. The Morgan fingerprint density at radius 1 is 1.62 bits per heavy atom. The van der Waals surface area contributed by atoms with Crippen LogP contribution in [0.4, 0.5) is 0 Å². The van der Waals surface area contributed by atoms with Crippen molar-refractivity contribution in [2.24, 2.45) is 11.7 Å². The van der Waals surface area contributed by atoms with Crippen LogP contribution in [0.3, 0.4) is 0 Å². The molecule has 1 unspecified atom stereocenters. The molecule has 1 aliphatic rings. The predicted octanol–water partition coefficient (Wildman–Crippen LogP) is 1.03. The van der Waals surface area contributed by atoms with E-state index in [1.807, 2.05) is 6.92 Å². The van der Waals surface area contributed by atoms with Crippen LogP contribution in [0.15, 0.2) is 0 Å². The van der Waals surface area contributed by atoms with E-state index in [1.54, 1.807) is 0 Å². The first-order valence-electron chi connectivity index (χ1n) is 5.13. The summed E-state index contributed by atoms with van der Waals surface area (Å²) in [6, 6.07) is 0. The number of nitrogens with two attached hydrogens (primary N) is 1. The number of carbonyl (C=O) groups is 1. The Morgan fingerprint density at radius 3 is 2.62 bits per heavy atom. The van der Waals surface area contributed by atoms with Crippen molar-refractivity contribution in [2.45, 2.75) is 45.1 Å². The molecule has 1 rings (SSSR count). The number of hydrogen-bond acceptors (Lipinski definition) is 2. The maximum absolute atomic E-state index is 11.2. The fourth-order valence-electron chi connectivity index (χ4n) is 1.49. The quantitative estimate of drug-likeness (QED) is 0.648. The molecule has 0 radical (unpaired) electrons. The van der Waals surface area contributed by atoms with Crippen molar-refractivity contribution >= 4 is 5.91 Å². The monoisotopic (exact) mass is 184 g/mol. The van der Waals surface area contributed by atoms with Crippen LogP contribution >= 0.6 is 0 Å². The van der Waals surface area contributed by atoms with E-state index in [9.17, 15) is 4.79 Å². The predicted molar refractivity (Wildman–Crippen MR) is 53.2 cm³/mol. The molecule has 1 atom stereocenters. The van der Waals surface area contributed by atoms with Gasteiger partial charge in [0.15, 0.2) is 0 Å². The maximum Gasteiger partial charge on any atom is 0.237 e. The van der Waals surface area contributed by atoms with Gasteiger partial charge in [0.1, 0.15) is 0 Å². The zero-order valence-corrected chi connectivity index (χ0v) is 8.60. The molecule has 1 fully saturated rings. The minimum Gasteiger partial charge on any atom is -0.368 e. The van der Waals surface area contributed by atoms with Gasteiger partial charge in [0, 0.05) is 0 Å². The summed E-state index contributed by atoms with van der Waals surface area (Å²) in [5, 5.41) is 3.28. The third-order valence-electron chi connectivity index (χ3n) is 2.77. The van der Waals surface area contributed by atoms with E-state index in [2.05, 4.69) is 12.2 Å². The SMILES string of the molecule is CCCC(C)(NCC1CC1)C(N)=O. The Balaban J connectivity index is 2.38. The van der Waals surface area contributed by atoms with Crippen LogP contribution in [0, 0.1) is 5.92 Å². The van der Waals surface area contributed by atoms with Crippen molar-refractivity contribution in [1.29, 1.82) is 0 Å². The van der Waals surface area contributed by atoms with Crippen molar-refractivity contribution in [3.63, 3.8) is 0 Å². The highest BCUT2D eigenvalue weighted by Gasteiger charge is 2.32. The summed E-state index contributed by atoms with van der Waals surface area (Å²) in [5.74, 6) is 0.561. The number of nitrogens with one attached hydrogen (secondary N) is 1. The van der Waals surface area contributed by atoms with Crippen molar-refractivity contribution in [2.75, 3.05) is 6.54 Å². The van der Waals surface area contributed by atoms with Gasteiger partial charge < -0.3 is 11.1 Å². The molecule has 13 heavy (non-hydrogen) atoms. The van der Waals surface area contributed by atoms with Crippen LogP contribution in [0.1, 0.15) is 39.5 Å². The molecule has 0 aromatic rings. The van der Waals surface area contributed by atoms with Gasteiger partial charge in [-0.3, -0.25) is 4.79 Å². The topological polar surface area (TPSA) is 55.1 Å². The lowest BCUT2D eigenvalue weighted by Gasteiger charge is -2.27. The van der Waals surface area contributed by atoms with E-state index in [4.69, 9.17) is 5.73 Å². The second-order valence-electron chi connectivity index (χ2n) is 4.27. The Morgan fingerprint density at radius 2 is 2.23 bits per heavy atom. The zero-order chi connectivity index (χ0) is 9.90. The largest absolute Gasteiger partial charge is 0.368 e. The van der Waals surface area contributed by atoms with Crippen molar-refractivity contribution in [1.82, 2.24) is 5.32 Å². The Kier molecular flexibility index (Phi) is 3.31. The molecule has 3 heteroatoms. The second-order valence-corrected chi connectivity index (χ2v) is 4.27. The Labute approximate surface area is 80.1 Å². The van der Waals surface area contributed by atoms with Crippen LogP contribution in [-0.2, 0) is 4.79 Å². The second kappa shape index (κ2) is 4.09. The Bertz CT molecular complexity index is 189. The number of amides is 1. The molecule has 0 bridgehead atoms. The van der Waals surface area contributed by atoms with Gasteiger partial charge in [0.25, 0.3) is 0 Å². The van der Waals surface area contributed by atoms with Crippen molar-refractivity contribution < 1.29 is 4.79 Å². The first kappa shape index (κ1) is 10.5. The number of primary amides is 1. The van der Waals surface area contributed by atoms with Gasteiger partial charge in [-0.2, -0.15) is 0 Å². The van der Waals surface area contributed by atoms with Crippen LogP contribution in [0.5, 0.6) is 0 Å². The molecule has 3 N–H and O–H groups in total. The minimum atomic E-state index is -0.489. The molecule has 0 spiro atoms. The molecular formula is C10H20N2O. The lowest BCUT2D eigenvalue weighted by molar-refractivity contribution is -0.124. The molecule has 1 aliphatic carbocycles. The highest BCUT2D eigenvalue weighted by molar-refractivity contribution is 5.84. The van der Waals surface area contributed by atoms with Gasteiger partial charge >= 0.3 is 0 Å². The average molecular weight is 184 g/mol. The van der Waals surface area contributed by atoms with Gasteiger partial charge in [-0.25, -0.2) is 0 Å². The first-order chi connectivity index (χ1) is 6.08. The summed E-state index contributed by atoms with van der Waals surface area (Å²) in [4.78, 5) is 11.2. The third-order valence-corrected chi connectivity index (χ3v) is 2.77. The molecule has 0 aliphatic heterocycles.